The molecule has 10 heteroatoms. The first kappa shape index (κ1) is 21.2. The average Bonchev–Trinajstić information content (AvgIpc) is 3.11. The molecule has 2 atom stereocenters. The van der Waals surface area contributed by atoms with Crippen LogP contribution in [0.15, 0.2) is 30.5 Å². The Kier molecular flexibility index (Phi) is 5.65. The Morgan fingerprint density at radius 3 is 2.65 bits per heavy atom. The second kappa shape index (κ2) is 8.26. The maximum atomic E-state index is 13.0. The number of aliphatic hydroxyl groups excluding tert-OH is 1. The van der Waals surface area contributed by atoms with Gasteiger partial charge in [-0.3, -0.25) is 4.40 Å². The summed E-state index contributed by atoms with van der Waals surface area (Å²) in [7, 11) is 1.36. The van der Waals surface area contributed by atoms with Gasteiger partial charge in [0.2, 0.25) is 5.95 Å². The van der Waals surface area contributed by atoms with Crippen LogP contribution in [0.25, 0.3) is 16.8 Å². The lowest BCUT2D eigenvalue weighted by Gasteiger charge is -2.28. The van der Waals surface area contributed by atoms with Crippen molar-refractivity contribution in [1.82, 2.24) is 14.6 Å². The highest BCUT2D eigenvalue weighted by Gasteiger charge is 2.33. The van der Waals surface area contributed by atoms with Crippen LogP contribution in [0.2, 0.25) is 0 Å². The summed E-state index contributed by atoms with van der Waals surface area (Å²) in [5.41, 5.74) is 1.83. The SMILES string of the molecule is COc1ccc(-c2nnc(N[C@@H]3CCCC[C@H]3O)n3cc(C)cc23)c(OC(F)(F)F)c1. The fourth-order valence-electron chi connectivity index (χ4n) is 3.92. The number of rotatable bonds is 5. The predicted octanol–water partition coefficient (Wildman–Crippen LogP) is 4.33. The first-order valence-corrected chi connectivity index (χ1v) is 9.99. The molecule has 0 unspecified atom stereocenters. The number of halogens is 3. The lowest BCUT2D eigenvalue weighted by Crippen LogP contribution is -2.37. The lowest BCUT2D eigenvalue weighted by atomic mass is 9.93. The number of hydrogen-bond acceptors (Lipinski definition) is 6. The van der Waals surface area contributed by atoms with Gasteiger partial charge in [0, 0.05) is 17.8 Å². The molecule has 2 heterocycles. The summed E-state index contributed by atoms with van der Waals surface area (Å²) in [6.07, 6.45) is -0.0647. The molecule has 1 saturated carbocycles. The topological polar surface area (TPSA) is 80.9 Å². The molecule has 0 amide bonds. The van der Waals surface area contributed by atoms with Gasteiger partial charge in [-0.25, -0.2) is 0 Å². The highest BCUT2D eigenvalue weighted by molar-refractivity contribution is 5.82. The quantitative estimate of drug-likeness (QED) is 0.620. The Labute approximate surface area is 176 Å². The Hall–Kier alpha value is -3.01. The number of aromatic nitrogens is 3. The lowest BCUT2D eigenvalue weighted by molar-refractivity contribution is -0.274. The highest BCUT2D eigenvalue weighted by atomic mass is 19.4. The van der Waals surface area contributed by atoms with Gasteiger partial charge < -0.3 is 19.9 Å². The minimum absolute atomic E-state index is 0.137. The van der Waals surface area contributed by atoms with Crippen LogP contribution < -0.4 is 14.8 Å². The molecule has 166 valence electrons. The van der Waals surface area contributed by atoms with Gasteiger partial charge in [-0.15, -0.1) is 23.4 Å². The van der Waals surface area contributed by atoms with Crippen molar-refractivity contribution >= 4 is 11.5 Å². The van der Waals surface area contributed by atoms with Crippen molar-refractivity contribution in [2.24, 2.45) is 0 Å². The Morgan fingerprint density at radius 2 is 1.94 bits per heavy atom. The fraction of sp³-hybridized carbons (Fsp3) is 0.429. The van der Waals surface area contributed by atoms with Crippen molar-refractivity contribution in [1.29, 1.82) is 0 Å². The molecule has 0 spiro atoms. The molecule has 7 nitrogen and oxygen atoms in total. The molecular formula is C21H23F3N4O3. The summed E-state index contributed by atoms with van der Waals surface area (Å²) >= 11 is 0. The molecule has 1 aromatic carbocycles. The molecule has 1 aliphatic rings. The average molecular weight is 436 g/mol. The smallest absolute Gasteiger partial charge is 0.497 e. The van der Waals surface area contributed by atoms with Crippen LogP contribution in [-0.4, -0.2) is 45.3 Å². The molecule has 31 heavy (non-hydrogen) atoms. The van der Waals surface area contributed by atoms with Gasteiger partial charge in [0.1, 0.15) is 17.2 Å². The van der Waals surface area contributed by atoms with Crippen molar-refractivity contribution in [2.45, 2.75) is 51.1 Å². The van der Waals surface area contributed by atoms with E-state index >= 15 is 0 Å². The van der Waals surface area contributed by atoms with Crippen LogP contribution in [0, 0.1) is 6.92 Å². The van der Waals surface area contributed by atoms with Gasteiger partial charge in [0.15, 0.2) is 0 Å². The number of aryl methyl sites for hydroxylation is 1. The van der Waals surface area contributed by atoms with Crippen LogP contribution in [0.4, 0.5) is 19.1 Å². The molecule has 0 aliphatic heterocycles. The zero-order valence-corrected chi connectivity index (χ0v) is 17.1. The number of nitrogens with one attached hydrogen (secondary N) is 1. The number of fused-ring (bicyclic) bond motifs is 1. The molecule has 1 fully saturated rings. The standard InChI is InChI=1S/C21H23F3N4O3/c1-12-9-16-19(14-8-7-13(30-2)10-18(14)31-21(22,23)24)26-27-20(28(16)11-12)25-15-5-3-4-6-17(15)29/h7-11,15,17,29H,3-6H2,1-2H3,(H,25,27)/t15-,17-/m1/s1. The van der Waals surface area contributed by atoms with E-state index in [4.69, 9.17) is 4.74 Å². The monoisotopic (exact) mass is 436 g/mol. The van der Waals surface area contributed by atoms with Crippen LogP contribution in [0.3, 0.4) is 0 Å². The zero-order chi connectivity index (χ0) is 22.2. The van der Waals surface area contributed by atoms with Crippen molar-refractivity contribution in [3.63, 3.8) is 0 Å². The molecule has 0 radical (unpaired) electrons. The van der Waals surface area contributed by atoms with Crippen LogP contribution in [0.1, 0.15) is 31.2 Å². The van der Waals surface area contributed by atoms with E-state index in [-0.39, 0.29) is 23.0 Å². The van der Waals surface area contributed by atoms with Gasteiger partial charge in [-0.1, -0.05) is 12.8 Å². The molecule has 1 aliphatic carbocycles. The Bertz CT molecular complexity index is 1080. The van der Waals surface area contributed by atoms with E-state index in [1.165, 1.54) is 25.3 Å². The zero-order valence-electron chi connectivity index (χ0n) is 17.1. The number of benzene rings is 1. The number of aliphatic hydroxyl groups is 1. The highest BCUT2D eigenvalue weighted by Crippen LogP contribution is 2.38. The van der Waals surface area contributed by atoms with E-state index in [1.54, 1.807) is 4.40 Å². The summed E-state index contributed by atoms with van der Waals surface area (Å²) in [5, 5.41) is 22.0. The largest absolute Gasteiger partial charge is 0.573 e. The third-order valence-electron chi connectivity index (χ3n) is 5.39. The first-order chi connectivity index (χ1) is 14.7. The summed E-state index contributed by atoms with van der Waals surface area (Å²) < 4.78 is 50.1. The number of alkyl halides is 3. The second-order valence-corrected chi connectivity index (χ2v) is 7.66. The van der Waals surface area contributed by atoms with Crippen LogP contribution in [0.5, 0.6) is 11.5 Å². The normalized spacial score (nSPS) is 19.4. The first-order valence-electron chi connectivity index (χ1n) is 9.99. The number of anilines is 1. The third-order valence-corrected chi connectivity index (χ3v) is 5.39. The maximum absolute atomic E-state index is 13.0. The summed E-state index contributed by atoms with van der Waals surface area (Å²) in [6.45, 7) is 1.87. The van der Waals surface area contributed by atoms with Crippen LogP contribution in [-0.2, 0) is 0 Å². The summed E-state index contributed by atoms with van der Waals surface area (Å²) in [4.78, 5) is 0. The molecule has 4 rings (SSSR count). The van der Waals surface area contributed by atoms with E-state index in [0.29, 0.717) is 17.9 Å². The molecule has 2 aromatic heterocycles. The molecular weight excluding hydrogens is 413 g/mol. The molecule has 2 N–H and O–H groups in total. The number of nitrogens with zero attached hydrogens (tertiary/aromatic N) is 3. The van der Waals surface area contributed by atoms with Crippen molar-refractivity contribution in [3.8, 4) is 22.8 Å². The fourth-order valence-corrected chi connectivity index (χ4v) is 3.92. The number of hydrogen-bond donors (Lipinski definition) is 2. The predicted molar refractivity (Wildman–Crippen MR) is 108 cm³/mol. The maximum Gasteiger partial charge on any atom is 0.573 e. The number of ether oxygens (including phenoxy) is 2. The minimum Gasteiger partial charge on any atom is -0.497 e. The van der Waals surface area contributed by atoms with Crippen LogP contribution >= 0.6 is 0 Å². The van der Waals surface area contributed by atoms with Gasteiger partial charge in [-0.2, -0.15) is 0 Å². The van der Waals surface area contributed by atoms with Crippen molar-refractivity contribution in [2.75, 3.05) is 12.4 Å². The van der Waals surface area contributed by atoms with E-state index < -0.39 is 18.2 Å². The summed E-state index contributed by atoms with van der Waals surface area (Å²) in [6, 6.07) is 5.82. The van der Waals surface area contributed by atoms with Crippen molar-refractivity contribution < 1.29 is 27.8 Å². The second-order valence-electron chi connectivity index (χ2n) is 7.66. The van der Waals surface area contributed by atoms with Gasteiger partial charge in [0.05, 0.1) is 24.8 Å². The molecule has 3 aromatic rings. The van der Waals surface area contributed by atoms with Crippen molar-refractivity contribution in [3.05, 3.63) is 36.0 Å². The Balaban J connectivity index is 1.79. The third kappa shape index (κ3) is 4.53. The van der Waals surface area contributed by atoms with E-state index in [2.05, 4.69) is 20.3 Å². The molecule has 0 saturated heterocycles. The Morgan fingerprint density at radius 1 is 1.16 bits per heavy atom. The van der Waals surface area contributed by atoms with E-state index in [1.807, 2.05) is 19.2 Å². The van der Waals surface area contributed by atoms with E-state index in [0.717, 1.165) is 24.8 Å². The summed E-state index contributed by atoms with van der Waals surface area (Å²) in [5.74, 6) is 0.220. The van der Waals surface area contributed by atoms with Gasteiger partial charge >= 0.3 is 6.36 Å². The minimum atomic E-state index is -4.87. The molecule has 0 bridgehead atoms. The van der Waals surface area contributed by atoms with Gasteiger partial charge in [-0.05, 0) is 43.5 Å². The number of methoxy groups -OCH3 is 1. The van der Waals surface area contributed by atoms with Gasteiger partial charge in [0.25, 0.3) is 0 Å². The van der Waals surface area contributed by atoms with E-state index in [9.17, 15) is 18.3 Å².